The molecule has 0 amide bonds. The zero-order valence-electron chi connectivity index (χ0n) is 13.1. The Morgan fingerprint density at radius 3 is 2.56 bits per heavy atom. The molecule has 2 aromatic heterocycles. The number of sulfonamides is 1. The largest absolute Gasteiger partial charge is 0.272 e. The topological polar surface area (TPSA) is 94.7 Å². The minimum atomic E-state index is -3.80. The number of halogens is 2. The van der Waals surface area contributed by atoms with Crippen LogP contribution in [0.15, 0.2) is 41.8 Å². The van der Waals surface area contributed by atoms with Gasteiger partial charge in [-0.1, -0.05) is 29.3 Å². The van der Waals surface area contributed by atoms with E-state index in [1.54, 1.807) is 18.2 Å². The van der Waals surface area contributed by atoms with Gasteiger partial charge >= 0.3 is 0 Å². The second-order valence-electron chi connectivity index (χ2n) is 5.10. The van der Waals surface area contributed by atoms with E-state index in [4.69, 9.17) is 23.2 Å². The fourth-order valence-electron chi connectivity index (χ4n) is 2.10. The molecular formula is C14H14Cl2N6O2S. The minimum Gasteiger partial charge on any atom is -0.272 e. The maximum absolute atomic E-state index is 12.3. The third kappa shape index (κ3) is 3.94. The maximum atomic E-state index is 12.3. The second-order valence-corrected chi connectivity index (χ2v) is 7.60. The summed E-state index contributed by atoms with van der Waals surface area (Å²) >= 11 is 12.2. The Morgan fingerprint density at radius 2 is 1.92 bits per heavy atom. The van der Waals surface area contributed by atoms with Crippen LogP contribution in [-0.4, -0.2) is 33.0 Å². The van der Waals surface area contributed by atoms with E-state index in [9.17, 15) is 8.42 Å². The minimum absolute atomic E-state index is 0.0415. The normalized spacial score (nSPS) is 11.6. The lowest BCUT2D eigenvalue weighted by molar-refractivity contribution is 0.600. The molecule has 0 saturated heterocycles. The average molecular weight is 401 g/mol. The van der Waals surface area contributed by atoms with E-state index in [0.717, 1.165) is 0 Å². The van der Waals surface area contributed by atoms with Crippen LogP contribution in [0.25, 0.3) is 0 Å². The number of benzene rings is 1. The number of nitrogens with one attached hydrogen (secondary N) is 1. The van der Waals surface area contributed by atoms with Gasteiger partial charge in [0.2, 0.25) is 0 Å². The van der Waals surface area contributed by atoms with Crippen molar-refractivity contribution < 1.29 is 8.42 Å². The summed E-state index contributed by atoms with van der Waals surface area (Å²) in [7, 11) is -3.80. The van der Waals surface area contributed by atoms with Crippen LogP contribution < -0.4 is 4.72 Å². The van der Waals surface area contributed by atoms with Gasteiger partial charge in [-0.25, -0.2) is 17.8 Å². The molecule has 0 bridgehead atoms. The van der Waals surface area contributed by atoms with Crippen molar-refractivity contribution in [3.05, 3.63) is 52.5 Å². The van der Waals surface area contributed by atoms with Crippen molar-refractivity contribution in [1.82, 2.24) is 24.5 Å². The maximum Gasteiger partial charge on any atom is 0.267 e. The number of hydrogen-bond donors (Lipinski definition) is 1. The molecule has 132 valence electrons. The molecule has 0 atom stereocenters. The summed E-state index contributed by atoms with van der Waals surface area (Å²) < 4.78 is 29.9. The zero-order valence-corrected chi connectivity index (χ0v) is 15.4. The van der Waals surface area contributed by atoms with Gasteiger partial charge in [0.05, 0.1) is 12.7 Å². The highest BCUT2D eigenvalue weighted by Gasteiger charge is 2.19. The van der Waals surface area contributed by atoms with Crippen LogP contribution in [-0.2, 0) is 23.1 Å². The van der Waals surface area contributed by atoms with Crippen LogP contribution in [0, 0.1) is 0 Å². The quantitative estimate of drug-likeness (QED) is 0.685. The van der Waals surface area contributed by atoms with Gasteiger partial charge in [-0.15, -0.1) is 5.10 Å². The van der Waals surface area contributed by atoms with Gasteiger partial charge in [0.15, 0.2) is 0 Å². The van der Waals surface area contributed by atoms with Gasteiger partial charge in [0.25, 0.3) is 16.0 Å². The molecule has 0 radical (unpaired) electrons. The summed E-state index contributed by atoms with van der Waals surface area (Å²) in [5, 5.41) is 9.04. The molecule has 0 spiro atoms. The number of anilines is 1. The summed E-state index contributed by atoms with van der Waals surface area (Å²) in [6, 6.07) is 5.18. The summed E-state index contributed by atoms with van der Waals surface area (Å²) in [6.45, 7) is 2.70. The molecule has 8 nitrogen and oxygen atoms in total. The van der Waals surface area contributed by atoms with Gasteiger partial charge in [0.1, 0.15) is 11.2 Å². The lowest BCUT2D eigenvalue weighted by Crippen LogP contribution is -2.14. The van der Waals surface area contributed by atoms with E-state index in [0.29, 0.717) is 22.2 Å². The van der Waals surface area contributed by atoms with Crippen molar-refractivity contribution in [2.75, 3.05) is 4.72 Å². The smallest absolute Gasteiger partial charge is 0.267 e. The predicted molar refractivity (Wildman–Crippen MR) is 94.3 cm³/mol. The Hall–Kier alpha value is -2.10. The van der Waals surface area contributed by atoms with Crippen LogP contribution in [0.4, 0.5) is 5.95 Å². The molecule has 3 aromatic rings. The molecule has 3 rings (SSSR count). The van der Waals surface area contributed by atoms with Crippen molar-refractivity contribution in [3.8, 4) is 0 Å². The first-order valence-corrected chi connectivity index (χ1v) is 9.50. The molecule has 0 aliphatic rings. The van der Waals surface area contributed by atoms with Gasteiger partial charge in [0, 0.05) is 28.4 Å². The highest BCUT2D eigenvalue weighted by Crippen LogP contribution is 2.25. The average Bonchev–Trinajstić information content (AvgIpc) is 3.20. The number of hydrogen-bond acceptors (Lipinski definition) is 5. The van der Waals surface area contributed by atoms with Crippen LogP contribution >= 0.6 is 23.2 Å². The molecule has 2 heterocycles. The first-order chi connectivity index (χ1) is 11.9. The van der Waals surface area contributed by atoms with E-state index in [1.165, 1.54) is 28.1 Å². The van der Waals surface area contributed by atoms with Gasteiger partial charge in [-0.3, -0.25) is 4.68 Å². The van der Waals surface area contributed by atoms with E-state index in [2.05, 4.69) is 19.9 Å². The molecule has 0 unspecified atom stereocenters. The van der Waals surface area contributed by atoms with Crippen molar-refractivity contribution in [2.45, 2.75) is 24.9 Å². The lowest BCUT2D eigenvalue weighted by Gasteiger charge is -2.06. The Morgan fingerprint density at radius 1 is 1.20 bits per heavy atom. The molecule has 25 heavy (non-hydrogen) atoms. The van der Waals surface area contributed by atoms with Gasteiger partial charge in [-0.2, -0.15) is 10.1 Å². The third-order valence-electron chi connectivity index (χ3n) is 3.39. The number of nitrogens with zero attached hydrogens (tertiary/aromatic N) is 5. The Kier molecular flexibility index (Phi) is 4.98. The highest BCUT2D eigenvalue weighted by molar-refractivity contribution is 7.92. The number of rotatable bonds is 6. The molecule has 0 aliphatic carbocycles. The summed E-state index contributed by atoms with van der Waals surface area (Å²) in [5.41, 5.74) is 0.675. The lowest BCUT2D eigenvalue weighted by atomic mass is 10.2. The molecule has 1 N–H and O–H groups in total. The van der Waals surface area contributed by atoms with Crippen molar-refractivity contribution in [1.29, 1.82) is 0 Å². The highest BCUT2D eigenvalue weighted by atomic mass is 35.5. The van der Waals surface area contributed by atoms with Gasteiger partial charge in [-0.05, 0) is 19.1 Å². The van der Waals surface area contributed by atoms with Gasteiger partial charge < -0.3 is 0 Å². The van der Waals surface area contributed by atoms with Crippen LogP contribution in [0.1, 0.15) is 12.5 Å². The van der Waals surface area contributed by atoms with E-state index < -0.39 is 10.0 Å². The Bertz CT molecular complexity index is 978. The Labute approximate surface area is 154 Å². The zero-order chi connectivity index (χ0) is 18.0. The fraction of sp³-hybridized carbons (Fsp3) is 0.214. The monoisotopic (exact) mass is 400 g/mol. The van der Waals surface area contributed by atoms with Crippen molar-refractivity contribution in [3.63, 3.8) is 0 Å². The van der Waals surface area contributed by atoms with Crippen molar-refractivity contribution in [2.24, 2.45) is 0 Å². The fourth-order valence-corrected chi connectivity index (χ4v) is 3.51. The van der Waals surface area contributed by atoms with Crippen LogP contribution in [0.2, 0.25) is 10.0 Å². The van der Waals surface area contributed by atoms with E-state index in [1.807, 2.05) is 6.92 Å². The predicted octanol–water partition coefficient (Wildman–Crippen LogP) is 2.65. The van der Waals surface area contributed by atoms with E-state index >= 15 is 0 Å². The summed E-state index contributed by atoms with van der Waals surface area (Å²) in [4.78, 5) is 4.00. The first kappa shape index (κ1) is 17.7. The summed E-state index contributed by atoms with van der Waals surface area (Å²) in [6.07, 6.45) is 4.10. The SMILES string of the molecule is CCn1cc(S(=O)(=O)Nc2ncn(Cc3c(Cl)cccc3Cl)n2)cn1. The third-order valence-corrected chi connectivity index (χ3v) is 5.38. The number of aryl methyl sites for hydroxylation is 1. The second kappa shape index (κ2) is 7.03. The molecule has 0 fully saturated rings. The van der Waals surface area contributed by atoms with Crippen LogP contribution in [0.3, 0.4) is 0 Å². The van der Waals surface area contributed by atoms with E-state index in [-0.39, 0.29) is 17.4 Å². The molecule has 11 heteroatoms. The Balaban J connectivity index is 1.77. The molecule has 1 aromatic carbocycles. The van der Waals surface area contributed by atoms with Crippen molar-refractivity contribution >= 4 is 39.2 Å². The number of aromatic nitrogens is 5. The molecule has 0 aliphatic heterocycles. The van der Waals surface area contributed by atoms with Crippen LogP contribution in [0.5, 0.6) is 0 Å². The first-order valence-electron chi connectivity index (χ1n) is 7.26. The summed E-state index contributed by atoms with van der Waals surface area (Å²) in [5.74, 6) is -0.0487. The standard InChI is InChI=1S/C14H14Cl2N6O2S/c1-2-21-7-10(6-18-21)25(23,24)20-14-17-9-22(19-14)8-11-12(15)4-3-5-13(11)16/h3-7,9H,2,8H2,1H3,(H,19,20). The molecule has 0 saturated carbocycles. The molecular weight excluding hydrogens is 387 g/mol.